The lowest BCUT2D eigenvalue weighted by Crippen LogP contribution is -2.14. The third kappa shape index (κ3) is 3.35. The van der Waals surface area contributed by atoms with Gasteiger partial charge in [-0.2, -0.15) is 10.2 Å². The Balaban J connectivity index is 2.13. The van der Waals surface area contributed by atoms with E-state index in [9.17, 15) is 4.79 Å². The summed E-state index contributed by atoms with van der Waals surface area (Å²) in [5.41, 5.74) is 2.37. The van der Waals surface area contributed by atoms with Crippen molar-refractivity contribution in [3.8, 4) is 0 Å². The Hall–Kier alpha value is -2.27. The van der Waals surface area contributed by atoms with E-state index in [-0.39, 0.29) is 11.9 Å². The normalized spacial score (nSPS) is 11.9. The number of anilines is 1. The molecular weight excluding hydrogens is 240 g/mol. The Labute approximate surface area is 112 Å². The Morgan fingerprint density at radius 3 is 2.79 bits per heavy atom. The second-order valence-electron chi connectivity index (χ2n) is 4.22. The molecule has 0 aliphatic carbocycles. The molecule has 1 aromatic heterocycles. The first kappa shape index (κ1) is 13.2. The van der Waals surface area contributed by atoms with Gasteiger partial charge in [-0.3, -0.25) is 4.79 Å². The second-order valence-corrected chi connectivity index (χ2v) is 4.22. The van der Waals surface area contributed by atoms with Gasteiger partial charge in [0.15, 0.2) is 0 Å². The van der Waals surface area contributed by atoms with Crippen LogP contribution >= 0.6 is 0 Å². The first-order valence-corrected chi connectivity index (χ1v) is 6.06. The number of nitrogens with zero attached hydrogens (tertiary/aromatic N) is 2. The maximum atomic E-state index is 12.0. The van der Waals surface area contributed by atoms with Crippen molar-refractivity contribution in [2.75, 3.05) is 12.4 Å². The van der Waals surface area contributed by atoms with E-state index in [4.69, 9.17) is 0 Å². The summed E-state index contributed by atoms with van der Waals surface area (Å²) in [6.07, 6.45) is 2.93. The third-order valence-corrected chi connectivity index (χ3v) is 2.92. The Morgan fingerprint density at radius 2 is 2.11 bits per heavy atom. The molecule has 1 aromatic carbocycles. The number of nitrogens with one attached hydrogen (secondary N) is 2. The molecule has 1 unspecified atom stereocenters. The van der Waals surface area contributed by atoms with Gasteiger partial charge >= 0.3 is 0 Å². The maximum Gasteiger partial charge on any atom is 0.257 e. The van der Waals surface area contributed by atoms with Crippen LogP contribution in [-0.2, 0) is 0 Å². The van der Waals surface area contributed by atoms with E-state index in [1.165, 1.54) is 12.4 Å². The van der Waals surface area contributed by atoms with Gasteiger partial charge in [0.05, 0.1) is 18.0 Å². The summed E-state index contributed by atoms with van der Waals surface area (Å²) >= 11 is 0. The van der Waals surface area contributed by atoms with Crippen LogP contribution in [0.5, 0.6) is 0 Å². The minimum Gasteiger partial charge on any atom is -0.322 e. The standard InChI is InChI=1S/C14H16N4O/c1-10(15-2)11-4-3-5-13(8-11)18-14(19)12-6-7-16-17-9-12/h3-10,15H,1-2H3,(H,18,19). The van der Waals surface area contributed by atoms with Gasteiger partial charge in [0.2, 0.25) is 0 Å². The molecule has 0 saturated heterocycles. The average Bonchev–Trinajstić information content (AvgIpc) is 2.47. The number of benzene rings is 1. The second kappa shape index (κ2) is 6.06. The molecule has 0 saturated carbocycles. The van der Waals surface area contributed by atoms with Crippen molar-refractivity contribution in [3.63, 3.8) is 0 Å². The molecule has 1 atom stereocenters. The lowest BCUT2D eigenvalue weighted by molar-refractivity contribution is 0.102. The third-order valence-electron chi connectivity index (χ3n) is 2.92. The maximum absolute atomic E-state index is 12.0. The van der Waals surface area contributed by atoms with Crippen LogP contribution in [0.15, 0.2) is 42.7 Å². The van der Waals surface area contributed by atoms with Crippen LogP contribution in [0, 0.1) is 0 Å². The minimum atomic E-state index is -0.191. The zero-order valence-electron chi connectivity index (χ0n) is 10.9. The van der Waals surface area contributed by atoms with E-state index in [2.05, 4.69) is 27.8 Å². The van der Waals surface area contributed by atoms with Crippen molar-refractivity contribution in [1.82, 2.24) is 15.5 Å². The number of amides is 1. The van der Waals surface area contributed by atoms with E-state index >= 15 is 0 Å². The highest BCUT2D eigenvalue weighted by molar-refractivity contribution is 6.03. The topological polar surface area (TPSA) is 66.9 Å². The molecule has 2 rings (SSSR count). The minimum absolute atomic E-state index is 0.191. The smallest absolute Gasteiger partial charge is 0.257 e. The van der Waals surface area contributed by atoms with E-state index in [1.807, 2.05) is 31.3 Å². The summed E-state index contributed by atoms with van der Waals surface area (Å²) in [6.45, 7) is 2.06. The number of hydrogen-bond acceptors (Lipinski definition) is 4. The summed E-state index contributed by atoms with van der Waals surface area (Å²) in [6, 6.07) is 9.61. The number of hydrogen-bond donors (Lipinski definition) is 2. The zero-order chi connectivity index (χ0) is 13.7. The molecule has 0 bridgehead atoms. The molecule has 1 heterocycles. The van der Waals surface area contributed by atoms with Crippen LogP contribution in [0.25, 0.3) is 0 Å². The van der Waals surface area contributed by atoms with Crippen molar-refractivity contribution in [1.29, 1.82) is 0 Å². The predicted molar refractivity (Wildman–Crippen MR) is 73.9 cm³/mol. The Morgan fingerprint density at radius 1 is 1.26 bits per heavy atom. The first-order chi connectivity index (χ1) is 9.20. The summed E-state index contributed by atoms with van der Waals surface area (Å²) < 4.78 is 0. The van der Waals surface area contributed by atoms with Crippen LogP contribution in [0.2, 0.25) is 0 Å². The molecule has 0 fully saturated rings. The van der Waals surface area contributed by atoms with Crippen LogP contribution < -0.4 is 10.6 Å². The first-order valence-electron chi connectivity index (χ1n) is 6.06. The van der Waals surface area contributed by atoms with Crippen molar-refractivity contribution >= 4 is 11.6 Å². The van der Waals surface area contributed by atoms with Gasteiger partial charge in [0.1, 0.15) is 0 Å². The molecule has 1 amide bonds. The van der Waals surface area contributed by atoms with Gasteiger partial charge in [-0.05, 0) is 37.7 Å². The SMILES string of the molecule is CNC(C)c1cccc(NC(=O)c2ccnnc2)c1. The van der Waals surface area contributed by atoms with Gasteiger partial charge in [-0.15, -0.1) is 0 Å². The van der Waals surface area contributed by atoms with Crippen LogP contribution in [0.3, 0.4) is 0 Å². The van der Waals surface area contributed by atoms with Gasteiger partial charge in [-0.25, -0.2) is 0 Å². The summed E-state index contributed by atoms with van der Waals surface area (Å²) in [4.78, 5) is 12.0. The molecule has 19 heavy (non-hydrogen) atoms. The summed E-state index contributed by atoms with van der Waals surface area (Å²) in [5.74, 6) is -0.191. The molecule has 0 spiro atoms. The van der Waals surface area contributed by atoms with E-state index in [0.29, 0.717) is 5.56 Å². The summed E-state index contributed by atoms with van der Waals surface area (Å²) in [7, 11) is 1.90. The molecule has 5 heteroatoms. The molecular formula is C14H16N4O. The highest BCUT2D eigenvalue weighted by atomic mass is 16.1. The fourth-order valence-electron chi connectivity index (χ4n) is 1.68. The van der Waals surface area contributed by atoms with Crippen LogP contribution in [0.4, 0.5) is 5.69 Å². The average molecular weight is 256 g/mol. The van der Waals surface area contributed by atoms with E-state index in [0.717, 1.165) is 11.3 Å². The quantitative estimate of drug-likeness (QED) is 0.878. The lowest BCUT2D eigenvalue weighted by Gasteiger charge is -2.12. The van der Waals surface area contributed by atoms with Crippen molar-refractivity contribution in [3.05, 3.63) is 53.9 Å². The van der Waals surface area contributed by atoms with Gasteiger partial charge in [-0.1, -0.05) is 12.1 Å². The molecule has 0 aliphatic rings. The van der Waals surface area contributed by atoms with Crippen LogP contribution in [0.1, 0.15) is 28.9 Å². The van der Waals surface area contributed by atoms with Crippen molar-refractivity contribution in [2.45, 2.75) is 13.0 Å². The predicted octanol–water partition coefficient (Wildman–Crippen LogP) is 2.01. The largest absolute Gasteiger partial charge is 0.322 e. The van der Waals surface area contributed by atoms with Crippen molar-refractivity contribution in [2.24, 2.45) is 0 Å². The van der Waals surface area contributed by atoms with Gasteiger partial charge < -0.3 is 10.6 Å². The molecule has 98 valence electrons. The highest BCUT2D eigenvalue weighted by Gasteiger charge is 2.08. The highest BCUT2D eigenvalue weighted by Crippen LogP contribution is 2.17. The summed E-state index contributed by atoms with van der Waals surface area (Å²) in [5, 5.41) is 13.3. The van der Waals surface area contributed by atoms with Gasteiger partial charge in [0, 0.05) is 11.7 Å². The number of rotatable bonds is 4. The molecule has 2 aromatic rings. The number of carbonyl (C=O) groups is 1. The fraction of sp³-hybridized carbons (Fsp3) is 0.214. The van der Waals surface area contributed by atoms with Crippen molar-refractivity contribution < 1.29 is 4.79 Å². The number of carbonyl (C=O) groups excluding carboxylic acids is 1. The molecule has 0 radical (unpaired) electrons. The molecule has 0 aliphatic heterocycles. The number of aromatic nitrogens is 2. The fourth-order valence-corrected chi connectivity index (χ4v) is 1.68. The van der Waals surface area contributed by atoms with Crippen LogP contribution in [-0.4, -0.2) is 23.2 Å². The lowest BCUT2D eigenvalue weighted by atomic mass is 10.1. The monoisotopic (exact) mass is 256 g/mol. The molecule has 2 N–H and O–H groups in total. The Kier molecular flexibility index (Phi) is 4.20. The molecule has 5 nitrogen and oxygen atoms in total. The Bertz CT molecular complexity index is 556. The zero-order valence-corrected chi connectivity index (χ0v) is 10.9. The van der Waals surface area contributed by atoms with E-state index in [1.54, 1.807) is 6.07 Å². The van der Waals surface area contributed by atoms with Gasteiger partial charge in [0.25, 0.3) is 5.91 Å². The van der Waals surface area contributed by atoms with E-state index < -0.39 is 0 Å².